The van der Waals surface area contributed by atoms with Crippen LogP contribution in [0.1, 0.15) is 44.2 Å². The number of carbonyl (C=O) groups is 1. The predicted octanol–water partition coefficient (Wildman–Crippen LogP) is 2.30. The zero-order valence-corrected chi connectivity index (χ0v) is 17.7. The first-order valence-electron chi connectivity index (χ1n) is 10.7. The fourth-order valence-corrected chi connectivity index (χ4v) is 4.42. The second-order valence-corrected chi connectivity index (χ2v) is 7.75. The number of rotatable bonds is 7. The Hall–Kier alpha value is -2.08. The quantitative estimate of drug-likeness (QED) is 0.578. The first kappa shape index (κ1) is 20.6. The van der Waals surface area contributed by atoms with Crippen LogP contribution in [0.15, 0.2) is 29.3 Å². The zero-order chi connectivity index (χ0) is 19.9. The molecule has 0 radical (unpaired) electrons. The van der Waals surface area contributed by atoms with Gasteiger partial charge in [-0.05, 0) is 37.1 Å². The number of aliphatic imine (C=N–C) groups is 1. The van der Waals surface area contributed by atoms with Crippen molar-refractivity contribution in [3.8, 4) is 0 Å². The van der Waals surface area contributed by atoms with Crippen LogP contribution in [0.2, 0.25) is 0 Å². The van der Waals surface area contributed by atoms with Crippen LogP contribution < -0.4 is 5.32 Å². The third-order valence-electron chi connectivity index (χ3n) is 5.99. The van der Waals surface area contributed by atoms with Gasteiger partial charge >= 0.3 is 0 Å². The van der Waals surface area contributed by atoms with Crippen LogP contribution in [-0.4, -0.2) is 72.4 Å². The summed E-state index contributed by atoms with van der Waals surface area (Å²) < 4.78 is 0. The summed E-state index contributed by atoms with van der Waals surface area (Å²) in [5, 5.41) is 3.53. The molecule has 154 valence electrons. The Kier molecular flexibility index (Phi) is 7.31. The normalized spacial score (nSPS) is 20.5. The third kappa shape index (κ3) is 5.04. The van der Waals surface area contributed by atoms with E-state index in [0.717, 1.165) is 58.2 Å². The average molecular weight is 386 g/mol. The molecule has 0 aliphatic carbocycles. The van der Waals surface area contributed by atoms with E-state index in [0.29, 0.717) is 12.5 Å². The highest BCUT2D eigenvalue weighted by Crippen LogP contribution is 2.17. The van der Waals surface area contributed by atoms with Gasteiger partial charge in [0.05, 0.1) is 0 Å². The van der Waals surface area contributed by atoms with Gasteiger partial charge in [0.2, 0.25) is 5.91 Å². The molecule has 1 atom stereocenters. The summed E-state index contributed by atoms with van der Waals surface area (Å²) in [4.78, 5) is 23.2. The van der Waals surface area contributed by atoms with E-state index in [-0.39, 0.29) is 5.91 Å². The number of amides is 1. The van der Waals surface area contributed by atoms with E-state index >= 15 is 0 Å². The number of hydrogen-bond donors (Lipinski definition) is 1. The first-order valence-corrected chi connectivity index (χ1v) is 10.7. The molecule has 2 heterocycles. The number of nitrogens with one attached hydrogen (secondary N) is 1. The highest BCUT2D eigenvalue weighted by molar-refractivity contribution is 5.80. The Morgan fingerprint density at radius 3 is 2.71 bits per heavy atom. The van der Waals surface area contributed by atoms with E-state index in [2.05, 4.69) is 58.2 Å². The summed E-state index contributed by atoms with van der Waals surface area (Å²) in [5.41, 5.74) is 2.43. The van der Waals surface area contributed by atoms with E-state index in [1.807, 2.05) is 11.9 Å². The van der Waals surface area contributed by atoms with Crippen molar-refractivity contribution in [2.75, 3.05) is 39.8 Å². The minimum Gasteiger partial charge on any atom is -0.352 e. The molecule has 0 saturated carbocycles. The largest absolute Gasteiger partial charge is 0.352 e. The third-order valence-corrected chi connectivity index (χ3v) is 5.99. The maximum Gasteiger partial charge on any atom is 0.222 e. The van der Waals surface area contributed by atoms with Gasteiger partial charge < -0.3 is 15.1 Å². The van der Waals surface area contributed by atoms with Crippen molar-refractivity contribution in [3.63, 3.8) is 0 Å². The molecule has 0 bridgehead atoms. The standard InChI is InChI=1S/C22H35N5O/c1-4-25(5-2)20-11-13-27(17-20)22(23-3)24-15-18-8-6-9-19(14-18)16-26-12-7-10-21(26)28/h6,8-9,14,20H,4-5,7,10-13,15-17H2,1-3H3,(H,23,24). The van der Waals surface area contributed by atoms with Gasteiger partial charge in [-0.1, -0.05) is 38.1 Å². The lowest BCUT2D eigenvalue weighted by atomic mass is 10.1. The first-order chi connectivity index (χ1) is 13.6. The molecule has 2 aliphatic heterocycles. The zero-order valence-electron chi connectivity index (χ0n) is 17.7. The van der Waals surface area contributed by atoms with Gasteiger partial charge in [-0.15, -0.1) is 0 Å². The van der Waals surface area contributed by atoms with Gasteiger partial charge in [-0.3, -0.25) is 14.7 Å². The lowest BCUT2D eigenvalue weighted by Crippen LogP contribution is -2.43. The molecule has 3 rings (SSSR count). The van der Waals surface area contributed by atoms with Crippen LogP contribution in [0.5, 0.6) is 0 Å². The number of likely N-dealkylation sites (tertiary alicyclic amines) is 2. The summed E-state index contributed by atoms with van der Waals surface area (Å²) >= 11 is 0. The van der Waals surface area contributed by atoms with Crippen LogP contribution in [0, 0.1) is 0 Å². The van der Waals surface area contributed by atoms with Crippen molar-refractivity contribution in [1.29, 1.82) is 0 Å². The topological polar surface area (TPSA) is 51.2 Å². The van der Waals surface area contributed by atoms with Gasteiger partial charge in [-0.25, -0.2) is 0 Å². The van der Waals surface area contributed by atoms with E-state index in [1.165, 1.54) is 17.5 Å². The lowest BCUT2D eigenvalue weighted by molar-refractivity contribution is -0.128. The summed E-state index contributed by atoms with van der Waals surface area (Å²) in [6, 6.07) is 9.16. The number of guanidine groups is 1. The van der Waals surface area contributed by atoms with E-state index < -0.39 is 0 Å². The highest BCUT2D eigenvalue weighted by Gasteiger charge is 2.28. The predicted molar refractivity (Wildman–Crippen MR) is 114 cm³/mol. The molecular formula is C22H35N5O. The van der Waals surface area contributed by atoms with Crippen molar-refractivity contribution in [2.45, 2.75) is 52.2 Å². The molecular weight excluding hydrogens is 350 g/mol. The molecule has 2 saturated heterocycles. The molecule has 1 aromatic carbocycles. The summed E-state index contributed by atoms with van der Waals surface area (Å²) in [5.74, 6) is 1.26. The Bertz CT molecular complexity index is 685. The van der Waals surface area contributed by atoms with Crippen molar-refractivity contribution in [1.82, 2.24) is 20.0 Å². The van der Waals surface area contributed by atoms with Crippen LogP contribution in [0.3, 0.4) is 0 Å². The minimum atomic E-state index is 0.278. The average Bonchev–Trinajstić information content (AvgIpc) is 3.34. The number of likely N-dealkylation sites (N-methyl/N-ethyl adjacent to an activating group) is 1. The van der Waals surface area contributed by atoms with Crippen molar-refractivity contribution < 1.29 is 4.79 Å². The van der Waals surface area contributed by atoms with E-state index in [1.54, 1.807) is 0 Å². The molecule has 0 spiro atoms. The SMILES string of the molecule is CCN(CC)C1CCN(C(=NC)NCc2cccc(CN3CCCC3=O)c2)C1. The smallest absolute Gasteiger partial charge is 0.222 e. The Labute approximate surface area is 169 Å². The van der Waals surface area contributed by atoms with Gasteiger partial charge in [0.25, 0.3) is 0 Å². The maximum absolute atomic E-state index is 11.9. The van der Waals surface area contributed by atoms with Crippen LogP contribution in [0.4, 0.5) is 0 Å². The molecule has 1 aromatic rings. The van der Waals surface area contributed by atoms with Crippen molar-refractivity contribution in [2.24, 2.45) is 4.99 Å². The molecule has 28 heavy (non-hydrogen) atoms. The number of benzene rings is 1. The summed E-state index contributed by atoms with van der Waals surface area (Å²) in [6.45, 7) is 11.1. The molecule has 6 heteroatoms. The molecule has 6 nitrogen and oxygen atoms in total. The fourth-order valence-electron chi connectivity index (χ4n) is 4.42. The van der Waals surface area contributed by atoms with E-state index in [4.69, 9.17) is 0 Å². The highest BCUT2D eigenvalue weighted by atomic mass is 16.2. The van der Waals surface area contributed by atoms with Crippen molar-refractivity contribution >= 4 is 11.9 Å². The molecule has 1 N–H and O–H groups in total. The van der Waals surface area contributed by atoms with E-state index in [9.17, 15) is 4.79 Å². The van der Waals surface area contributed by atoms with Crippen LogP contribution in [0.25, 0.3) is 0 Å². The monoisotopic (exact) mass is 385 g/mol. The second-order valence-electron chi connectivity index (χ2n) is 7.75. The summed E-state index contributed by atoms with van der Waals surface area (Å²) in [7, 11) is 1.86. The molecule has 1 unspecified atom stereocenters. The van der Waals surface area contributed by atoms with Crippen LogP contribution in [-0.2, 0) is 17.9 Å². The summed E-state index contributed by atoms with van der Waals surface area (Å²) in [6.07, 6.45) is 2.88. The molecule has 2 aliphatic rings. The fraction of sp³-hybridized carbons (Fsp3) is 0.636. The Morgan fingerprint density at radius 1 is 1.25 bits per heavy atom. The minimum absolute atomic E-state index is 0.278. The van der Waals surface area contributed by atoms with Crippen molar-refractivity contribution in [3.05, 3.63) is 35.4 Å². The number of nitrogens with zero attached hydrogens (tertiary/aromatic N) is 4. The van der Waals surface area contributed by atoms with Gasteiger partial charge in [0.15, 0.2) is 5.96 Å². The van der Waals surface area contributed by atoms with Gasteiger partial charge in [-0.2, -0.15) is 0 Å². The molecule has 0 aromatic heterocycles. The Balaban J connectivity index is 1.54. The second kappa shape index (κ2) is 9.92. The lowest BCUT2D eigenvalue weighted by Gasteiger charge is -2.27. The van der Waals surface area contributed by atoms with Gasteiger partial charge in [0.1, 0.15) is 0 Å². The number of hydrogen-bond acceptors (Lipinski definition) is 3. The van der Waals surface area contributed by atoms with Crippen LogP contribution >= 0.6 is 0 Å². The number of carbonyl (C=O) groups excluding carboxylic acids is 1. The molecule has 1 amide bonds. The Morgan fingerprint density at radius 2 is 2.04 bits per heavy atom. The van der Waals surface area contributed by atoms with Gasteiger partial charge in [0, 0.05) is 52.2 Å². The molecule has 2 fully saturated rings. The maximum atomic E-state index is 11.9.